The Bertz CT molecular complexity index is 1560. The third kappa shape index (κ3) is 7.03. The summed E-state index contributed by atoms with van der Waals surface area (Å²) < 4.78 is 0. The highest BCUT2D eigenvalue weighted by Crippen LogP contribution is 2.39. The maximum atomic E-state index is 12.6. The van der Waals surface area contributed by atoms with E-state index in [-0.39, 0.29) is 24.7 Å². The summed E-state index contributed by atoms with van der Waals surface area (Å²) in [5, 5.41) is 26.4. The second kappa shape index (κ2) is 14.2. The molecular weight excluding hydrogens is 592 g/mol. The minimum Gasteiger partial charge on any atom is -0.481 e. The first kappa shape index (κ1) is 33.6. The minimum atomic E-state index is -0.907. The Labute approximate surface area is 267 Å². The Balaban J connectivity index is 1.81. The largest absolute Gasteiger partial charge is 0.481 e. The molecule has 0 fully saturated rings. The van der Waals surface area contributed by atoms with E-state index in [4.69, 9.17) is 0 Å². The molecule has 10 nitrogen and oxygen atoms in total. The average Bonchev–Trinajstić information content (AvgIpc) is 3.66. The number of hydrogen-bond acceptors (Lipinski definition) is 5. The molecule has 2 aliphatic rings. The van der Waals surface area contributed by atoms with Crippen LogP contribution in [-0.4, -0.2) is 43.9 Å². The standard InChI is InChI=1S/C34H42N4O6S/c1-7-19-21(9-3)31(43)35-27(19)15-25-17(5)23(11-13-29(39)40)33(37-25)45-34-24(12-14-30(41)42)18(6)26(38-34)16-28-20(8-2)22(10-4)32(44)36-28/h15-16,37-38H,7-14H2,1-6H3,(H,35,43)(H,36,44)(H,39,40)(H,41,42)/b27-15-,28-16-. The molecule has 0 spiro atoms. The van der Waals surface area contributed by atoms with Crippen LogP contribution in [0.1, 0.15) is 99.9 Å². The van der Waals surface area contributed by atoms with Gasteiger partial charge in [0.05, 0.1) is 10.1 Å². The molecule has 4 heterocycles. The number of hydrogen-bond donors (Lipinski definition) is 6. The van der Waals surface area contributed by atoms with Crippen molar-refractivity contribution in [3.63, 3.8) is 0 Å². The van der Waals surface area contributed by atoms with Gasteiger partial charge in [0.25, 0.3) is 11.8 Å². The molecule has 0 atom stereocenters. The third-order valence-electron chi connectivity index (χ3n) is 8.55. The number of aliphatic carboxylic acids is 2. The summed E-state index contributed by atoms with van der Waals surface area (Å²) in [7, 11) is 0. The molecule has 0 saturated heterocycles. The zero-order valence-corrected chi connectivity index (χ0v) is 27.6. The summed E-state index contributed by atoms with van der Waals surface area (Å²) in [6.45, 7) is 11.8. The molecule has 0 aliphatic carbocycles. The number of rotatable bonds is 14. The van der Waals surface area contributed by atoms with E-state index in [0.29, 0.717) is 38.5 Å². The zero-order chi connectivity index (χ0) is 33.0. The van der Waals surface area contributed by atoms with Gasteiger partial charge in [-0.15, -0.1) is 0 Å². The van der Waals surface area contributed by atoms with Crippen molar-refractivity contribution in [2.75, 3.05) is 0 Å². The fraction of sp³-hybridized carbons (Fsp3) is 0.412. The number of allylic oxidation sites excluding steroid dienone is 2. The van der Waals surface area contributed by atoms with Crippen LogP contribution >= 0.6 is 11.8 Å². The minimum absolute atomic E-state index is 0.0579. The molecule has 2 amide bonds. The van der Waals surface area contributed by atoms with Gasteiger partial charge < -0.3 is 30.8 Å². The van der Waals surface area contributed by atoms with Gasteiger partial charge in [-0.3, -0.25) is 19.2 Å². The number of H-pyrrole nitrogens is 2. The van der Waals surface area contributed by atoms with E-state index in [1.54, 1.807) is 0 Å². The Morgan fingerprint density at radius 2 is 1.00 bits per heavy atom. The molecule has 2 aliphatic heterocycles. The lowest BCUT2D eigenvalue weighted by molar-refractivity contribution is -0.138. The lowest BCUT2D eigenvalue weighted by Gasteiger charge is -2.06. The van der Waals surface area contributed by atoms with Crippen molar-refractivity contribution in [1.29, 1.82) is 0 Å². The van der Waals surface area contributed by atoms with E-state index in [1.165, 1.54) is 11.8 Å². The number of nitrogens with one attached hydrogen (secondary N) is 4. The van der Waals surface area contributed by atoms with Gasteiger partial charge in [-0.25, -0.2) is 0 Å². The number of carbonyl (C=O) groups is 4. The number of carboxylic acids is 2. The summed E-state index contributed by atoms with van der Waals surface area (Å²) in [4.78, 5) is 55.3. The predicted octanol–water partition coefficient (Wildman–Crippen LogP) is 6.32. The maximum absolute atomic E-state index is 12.6. The maximum Gasteiger partial charge on any atom is 0.303 e. The Morgan fingerprint density at radius 3 is 1.31 bits per heavy atom. The molecule has 0 saturated carbocycles. The molecule has 11 heteroatoms. The number of aromatic nitrogens is 2. The number of carbonyl (C=O) groups excluding carboxylic acids is 2. The van der Waals surface area contributed by atoms with E-state index >= 15 is 0 Å². The highest BCUT2D eigenvalue weighted by Gasteiger charge is 2.27. The highest BCUT2D eigenvalue weighted by molar-refractivity contribution is 7.99. The Hall–Kier alpha value is -4.25. The van der Waals surface area contributed by atoms with Crippen LogP contribution in [0.5, 0.6) is 0 Å². The summed E-state index contributed by atoms with van der Waals surface area (Å²) in [6, 6.07) is 0. The van der Waals surface area contributed by atoms with E-state index in [9.17, 15) is 29.4 Å². The van der Waals surface area contributed by atoms with E-state index in [0.717, 1.165) is 77.4 Å². The molecule has 45 heavy (non-hydrogen) atoms. The van der Waals surface area contributed by atoms with Gasteiger partial charge >= 0.3 is 11.9 Å². The summed E-state index contributed by atoms with van der Waals surface area (Å²) >= 11 is 1.40. The summed E-state index contributed by atoms with van der Waals surface area (Å²) in [5.41, 5.74) is 9.96. The SMILES string of the molecule is CCC1=C(CC)/C(=C/c2[nH]c(Sc3[nH]c(/C=C4\NC(=O)C(CC)=C4CC)c(C)c3CCC(=O)O)c(CCC(=O)O)c2C)NC1=O. The van der Waals surface area contributed by atoms with Crippen LogP contribution in [0.15, 0.2) is 43.7 Å². The van der Waals surface area contributed by atoms with E-state index in [1.807, 2.05) is 53.7 Å². The summed E-state index contributed by atoms with van der Waals surface area (Å²) in [6.07, 6.45) is 6.95. The molecule has 0 unspecified atom stereocenters. The van der Waals surface area contributed by atoms with Crippen LogP contribution in [0.4, 0.5) is 0 Å². The van der Waals surface area contributed by atoms with Crippen molar-refractivity contribution < 1.29 is 29.4 Å². The van der Waals surface area contributed by atoms with E-state index < -0.39 is 11.9 Å². The molecule has 2 aromatic rings. The lowest BCUT2D eigenvalue weighted by atomic mass is 10.0. The van der Waals surface area contributed by atoms with Crippen LogP contribution in [0.2, 0.25) is 0 Å². The average molecular weight is 635 g/mol. The fourth-order valence-corrected chi connectivity index (χ4v) is 7.40. The molecule has 0 aromatic carbocycles. The quantitative estimate of drug-likeness (QED) is 0.142. The number of aromatic amines is 2. The first-order valence-electron chi connectivity index (χ1n) is 15.5. The number of amides is 2. The molecule has 4 rings (SSSR count). The van der Waals surface area contributed by atoms with Gasteiger partial charge in [-0.2, -0.15) is 0 Å². The van der Waals surface area contributed by atoms with E-state index in [2.05, 4.69) is 20.6 Å². The molecular formula is C34H42N4O6S. The van der Waals surface area contributed by atoms with Gasteiger partial charge in [0.15, 0.2) is 0 Å². The fourth-order valence-electron chi connectivity index (χ4n) is 6.12. The molecule has 6 N–H and O–H groups in total. The van der Waals surface area contributed by atoms with Gasteiger partial charge in [0.1, 0.15) is 0 Å². The zero-order valence-electron chi connectivity index (χ0n) is 26.7. The summed E-state index contributed by atoms with van der Waals surface area (Å²) in [5.74, 6) is -2.00. The van der Waals surface area contributed by atoms with Crippen molar-refractivity contribution in [3.05, 3.63) is 67.3 Å². The van der Waals surface area contributed by atoms with Crippen molar-refractivity contribution in [2.45, 2.75) is 103 Å². The lowest BCUT2D eigenvalue weighted by Crippen LogP contribution is -2.16. The number of carboxylic acid groups (broad SMARTS) is 2. The van der Waals surface area contributed by atoms with Crippen LogP contribution < -0.4 is 10.6 Å². The topological polar surface area (TPSA) is 164 Å². The normalized spacial score (nSPS) is 16.8. The van der Waals surface area contributed by atoms with Crippen molar-refractivity contribution >= 4 is 47.7 Å². The monoisotopic (exact) mass is 634 g/mol. The van der Waals surface area contributed by atoms with Crippen LogP contribution in [0, 0.1) is 13.8 Å². The van der Waals surface area contributed by atoms with Gasteiger partial charge in [-0.1, -0.05) is 39.5 Å². The van der Waals surface area contributed by atoms with Crippen molar-refractivity contribution in [1.82, 2.24) is 20.6 Å². The second-order valence-electron chi connectivity index (χ2n) is 11.2. The van der Waals surface area contributed by atoms with Gasteiger partial charge in [-0.05, 0) is 97.9 Å². The van der Waals surface area contributed by atoms with Crippen molar-refractivity contribution in [2.24, 2.45) is 0 Å². The first-order valence-corrected chi connectivity index (χ1v) is 16.3. The van der Waals surface area contributed by atoms with Crippen LogP contribution in [-0.2, 0) is 32.0 Å². The first-order chi connectivity index (χ1) is 21.4. The Morgan fingerprint density at radius 1 is 0.644 bits per heavy atom. The predicted molar refractivity (Wildman–Crippen MR) is 175 cm³/mol. The molecule has 0 bridgehead atoms. The second-order valence-corrected chi connectivity index (χ2v) is 12.2. The van der Waals surface area contributed by atoms with Crippen LogP contribution in [0.25, 0.3) is 12.2 Å². The Kier molecular flexibility index (Phi) is 10.6. The molecule has 0 radical (unpaired) electrons. The molecule has 240 valence electrons. The smallest absolute Gasteiger partial charge is 0.303 e. The highest BCUT2D eigenvalue weighted by atomic mass is 32.2. The third-order valence-corrected chi connectivity index (χ3v) is 9.66. The van der Waals surface area contributed by atoms with Crippen LogP contribution in [0.3, 0.4) is 0 Å². The van der Waals surface area contributed by atoms with Gasteiger partial charge in [0.2, 0.25) is 0 Å². The molecule has 2 aromatic heterocycles. The van der Waals surface area contributed by atoms with Crippen molar-refractivity contribution in [3.8, 4) is 0 Å². The van der Waals surface area contributed by atoms with Gasteiger partial charge in [0, 0.05) is 46.8 Å².